The molecule has 2 heteroatoms. The minimum absolute atomic E-state index is 0.573. The average molecular weight is 274 g/mol. The monoisotopic (exact) mass is 274 g/mol. The molecule has 20 heavy (non-hydrogen) atoms. The molecule has 0 saturated carbocycles. The molecular weight excluding hydrogens is 244 g/mol. The summed E-state index contributed by atoms with van der Waals surface area (Å²) in [5.41, 5.74) is 2.85. The molecule has 2 nitrogen and oxygen atoms in total. The first-order valence-electron chi connectivity index (χ1n) is 8.17. The number of nitrogens with zero attached hydrogens (tertiary/aromatic N) is 1. The van der Waals surface area contributed by atoms with Crippen LogP contribution in [0.4, 0.5) is 0 Å². The molecule has 1 unspecified atom stereocenters. The van der Waals surface area contributed by atoms with Gasteiger partial charge in [-0.1, -0.05) is 38.1 Å². The molecule has 0 aromatic heterocycles. The molecule has 1 atom stereocenters. The number of nitrogens with one attached hydrogen (secondary N) is 1. The van der Waals surface area contributed by atoms with Gasteiger partial charge in [0.1, 0.15) is 0 Å². The first-order valence-corrected chi connectivity index (χ1v) is 8.17. The lowest BCUT2D eigenvalue weighted by molar-refractivity contribution is 0.298. The number of hydrogen-bond donors (Lipinski definition) is 1. The minimum Gasteiger partial charge on any atom is -0.309 e. The van der Waals surface area contributed by atoms with Gasteiger partial charge in [0, 0.05) is 19.1 Å². The van der Waals surface area contributed by atoms with Crippen molar-refractivity contribution in [3.05, 3.63) is 35.4 Å². The van der Waals surface area contributed by atoms with Crippen LogP contribution < -0.4 is 5.32 Å². The van der Waals surface area contributed by atoms with Crippen LogP contribution in [0.15, 0.2) is 24.3 Å². The summed E-state index contributed by atoms with van der Waals surface area (Å²) in [4.78, 5) is 2.57. The molecule has 2 rings (SSSR count). The van der Waals surface area contributed by atoms with E-state index in [1.165, 1.54) is 50.0 Å². The Morgan fingerprint density at radius 2 is 1.60 bits per heavy atom. The van der Waals surface area contributed by atoms with Crippen molar-refractivity contribution in [3.63, 3.8) is 0 Å². The number of rotatable bonds is 7. The summed E-state index contributed by atoms with van der Waals surface area (Å²) in [5, 5.41) is 3.64. The van der Waals surface area contributed by atoms with Gasteiger partial charge in [-0.2, -0.15) is 0 Å². The second kappa shape index (κ2) is 7.80. The van der Waals surface area contributed by atoms with Crippen LogP contribution in [0.1, 0.15) is 44.7 Å². The van der Waals surface area contributed by atoms with Crippen LogP contribution >= 0.6 is 0 Å². The molecule has 0 bridgehead atoms. The quantitative estimate of drug-likeness (QED) is 0.819. The van der Waals surface area contributed by atoms with Crippen LogP contribution in [0, 0.1) is 5.92 Å². The van der Waals surface area contributed by atoms with Crippen LogP contribution in [-0.4, -0.2) is 30.6 Å². The van der Waals surface area contributed by atoms with Gasteiger partial charge in [0.25, 0.3) is 0 Å². The molecule has 1 heterocycles. The standard InChI is InChI=1S/C18H30N2/c1-15(2)12-17-6-8-18(9-7-17)13-19-16(3)14-20-10-4-5-11-20/h6-9,15-16,19H,4-5,10-14H2,1-3H3. The van der Waals surface area contributed by atoms with E-state index in [0.29, 0.717) is 6.04 Å². The van der Waals surface area contributed by atoms with Gasteiger partial charge in [0.05, 0.1) is 0 Å². The zero-order valence-electron chi connectivity index (χ0n) is 13.4. The number of likely N-dealkylation sites (tertiary alicyclic amines) is 1. The average Bonchev–Trinajstić information content (AvgIpc) is 2.90. The largest absolute Gasteiger partial charge is 0.309 e. The topological polar surface area (TPSA) is 15.3 Å². The summed E-state index contributed by atoms with van der Waals surface area (Å²) in [6.07, 6.45) is 3.94. The normalized spacial score (nSPS) is 17.8. The molecule has 1 aliphatic heterocycles. The maximum atomic E-state index is 3.64. The van der Waals surface area contributed by atoms with E-state index < -0.39 is 0 Å². The lowest BCUT2D eigenvalue weighted by atomic mass is 10.0. The van der Waals surface area contributed by atoms with Crippen molar-refractivity contribution in [3.8, 4) is 0 Å². The Morgan fingerprint density at radius 1 is 1.00 bits per heavy atom. The lowest BCUT2D eigenvalue weighted by Gasteiger charge is -2.21. The molecular formula is C18H30N2. The van der Waals surface area contributed by atoms with E-state index in [1.807, 2.05) is 0 Å². The third kappa shape index (κ3) is 5.26. The molecule has 1 N–H and O–H groups in total. The zero-order valence-corrected chi connectivity index (χ0v) is 13.4. The smallest absolute Gasteiger partial charge is 0.0208 e. The van der Waals surface area contributed by atoms with E-state index >= 15 is 0 Å². The van der Waals surface area contributed by atoms with E-state index in [4.69, 9.17) is 0 Å². The second-order valence-electron chi connectivity index (χ2n) is 6.70. The van der Waals surface area contributed by atoms with E-state index in [2.05, 4.69) is 55.3 Å². The summed E-state index contributed by atoms with van der Waals surface area (Å²) < 4.78 is 0. The molecule has 0 radical (unpaired) electrons. The fraction of sp³-hybridized carbons (Fsp3) is 0.667. The maximum absolute atomic E-state index is 3.64. The Morgan fingerprint density at radius 3 is 2.20 bits per heavy atom. The van der Waals surface area contributed by atoms with Crippen LogP contribution in [0.25, 0.3) is 0 Å². The number of benzene rings is 1. The molecule has 1 aliphatic rings. The van der Waals surface area contributed by atoms with Gasteiger partial charge < -0.3 is 10.2 Å². The fourth-order valence-corrected chi connectivity index (χ4v) is 2.97. The highest BCUT2D eigenvalue weighted by Gasteiger charge is 2.14. The minimum atomic E-state index is 0.573. The molecule has 0 aliphatic carbocycles. The molecule has 0 spiro atoms. The third-order valence-electron chi connectivity index (χ3n) is 4.05. The van der Waals surface area contributed by atoms with E-state index in [0.717, 1.165) is 12.5 Å². The van der Waals surface area contributed by atoms with Gasteiger partial charge >= 0.3 is 0 Å². The highest BCUT2D eigenvalue weighted by atomic mass is 15.2. The van der Waals surface area contributed by atoms with Crippen LogP contribution in [-0.2, 0) is 13.0 Å². The maximum Gasteiger partial charge on any atom is 0.0208 e. The van der Waals surface area contributed by atoms with E-state index in [1.54, 1.807) is 0 Å². The summed E-state index contributed by atoms with van der Waals surface area (Å²) in [6, 6.07) is 9.67. The first kappa shape index (κ1) is 15.5. The summed E-state index contributed by atoms with van der Waals surface area (Å²) >= 11 is 0. The van der Waals surface area contributed by atoms with Crippen molar-refractivity contribution in [2.75, 3.05) is 19.6 Å². The molecule has 1 aromatic rings. The highest BCUT2D eigenvalue weighted by molar-refractivity contribution is 5.22. The second-order valence-corrected chi connectivity index (χ2v) is 6.70. The van der Waals surface area contributed by atoms with Gasteiger partial charge in [-0.05, 0) is 56.3 Å². The van der Waals surface area contributed by atoms with Gasteiger partial charge in [-0.15, -0.1) is 0 Å². The predicted molar refractivity (Wildman–Crippen MR) is 87.0 cm³/mol. The van der Waals surface area contributed by atoms with E-state index in [9.17, 15) is 0 Å². The Bertz CT molecular complexity index is 377. The Hall–Kier alpha value is -0.860. The van der Waals surface area contributed by atoms with Crippen molar-refractivity contribution in [1.29, 1.82) is 0 Å². The van der Waals surface area contributed by atoms with Crippen molar-refractivity contribution >= 4 is 0 Å². The third-order valence-corrected chi connectivity index (χ3v) is 4.05. The Kier molecular flexibility index (Phi) is 6.06. The Labute approximate surface area is 124 Å². The summed E-state index contributed by atoms with van der Waals surface area (Å²) in [5.74, 6) is 0.736. The molecule has 1 fully saturated rings. The van der Waals surface area contributed by atoms with Crippen molar-refractivity contribution < 1.29 is 0 Å². The fourth-order valence-electron chi connectivity index (χ4n) is 2.97. The van der Waals surface area contributed by atoms with Crippen LogP contribution in [0.3, 0.4) is 0 Å². The van der Waals surface area contributed by atoms with Crippen molar-refractivity contribution in [2.45, 2.75) is 52.6 Å². The van der Waals surface area contributed by atoms with Crippen LogP contribution in [0.2, 0.25) is 0 Å². The predicted octanol–water partition coefficient (Wildman–Crippen LogP) is 3.46. The van der Waals surface area contributed by atoms with Gasteiger partial charge in [-0.3, -0.25) is 0 Å². The number of hydrogen-bond acceptors (Lipinski definition) is 2. The molecule has 1 aromatic carbocycles. The molecule has 0 amide bonds. The summed E-state index contributed by atoms with van der Waals surface area (Å²) in [7, 11) is 0. The highest BCUT2D eigenvalue weighted by Crippen LogP contribution is 2.11. The zero-order chi connectivity index (χ0) is 14.4. The first-order chi connectivity index (χ1) is 9.63. The molecule has 1 saturated heterocycles. The summed E-state index contributed by atoms with van der Waals surface area (Å²) in [6.45, 7) is 11.6. The van der Waals surface area contributed by atoms with Crippen molar-refractivity contribution in [2.24, 2.45) is 5.92 Å². The lowest BCUT2D eigenvalue weighted by Crippen LogP contribution is -2.37. The molecule has 112 valence electrons. The van der Waals surface area contributed by atoms with Crippen molar-refractivity contribution in [1.82, 2.24) is 10.2 Å². The van der Waals surface area contributed by atoms with Crippen LogP contribution in [0.5, 0.6) is 0 Å². The van der Waals surface area contributed by atoms with E-state index in [-0.39, 0.29) is 0 Å². The SMILES string of the molecule is CC(C)Cc1ccc(CNC(C)CN2CCCC2)cc1. The van der Waals surface area contributed by atoms with Gasteiger partial charge in [0.2, 0.25) is 0 Å². The Balaban J connectivity index is 1.72. The van der Waals surface area contributed by atoms with Gasteiger partial charge in [-0.25, -0.2) is 0 Å². The van der Waals surface area contributed by atoms with Gasteiger partial charge in [0.15, 0.2) is 0 Å².